The molecule has 0 bridgehead atoms. The molecule has 0 spiro atoms. The topological polar surface area (TPSA) is 43.1 Å². The molecule has 0 atom stereocenters. The first-order valence-electron chi connectivity index (χ1n) is 3.37. The number of hydrogen-bond donors (Lipinski definition) is 0. The van der Waals surface area contributed by atoms with Gasteiger partial charge in [-0.2, -0.15) is 0 Å². The summed E-state index contributed by atoms with van der Waals surface area (Å²) in [5.41, 5.74) is 0.456. The van der Waals surface area contributed by atoms with Crippen molar-refractivity contribution in [2.45, 2.75) is 0 Å². The molecular weight excluding hydrogens is 241 g/mol. The number of nitrogens with zero attached hydrogens (tertiary/aromatic N) is 1. The number of rotatable bonds is 2. The van der Waals surface area contributed by atoms with Gasteiger partial charge in [0.2, 0.25) is 0 Å². The first-order chi connectivity index (χ1) is 6.09. The van der Waals surface area contributed by atoms with E-state index in [0.717, 1.165) is 10.5 Å². The van der Waals surface area contributed by atoms with Gasteiger partial charge in [-0.15, -0.1) is 4.39 Å². The summed E-state index contributed by atoms with van der Waals surface area (Å²) >= 11 is 3.19. The summed E-state index contributed by atoms with van der Waals surface area (Å²) in [5.74, 6) is -1.36. The van der Waals surface area contributed by atoms with Gasteiger partial charge in [-0.1, -0.05) is 28.1 Å². The summed E-state index contributed by atoms with van der Waals surface area (Å²) in [7, 11) is 0. The van der Waals surface area contributed by atoms with Gasteiger partial charge in [0.05, 0.1) is 11.0 Å². The lowest BCUT2D eigenvalue weighted by molar-refractivity contribution is -0.445. The molecule has 0 unspecified atom stereocenters. The van der Waals surface area contributed by atoms with E-state index < -0.39 is 10.9 Å². The molecule has 0 aliphatic rings. The molecule has 0 aliphatic carbocycles. The zero-order valence-electron chi connectivity index (χ0n) is 6.41. The lowest BCUT2D eigenvalue weighted by Gasteiger charge is -1.91. The van der Waals surface area contributed by atoms with Crippen LogP contribution in [0.3, 0.4) is 0 Å². The van der Waals surface area contributed by atoms with Crippen LogP contribution in [-0.4, -0.2) is 4.92 Å². The van der Waals surface area contributed by atoms with Crippen molar-refractivity contribution < 1.29 is 9.31 Å². The van der Waals surface area contributed by atoms with Crippen molar-refractivity contribution in [1.82, 2.24) is 0 Å². The van der Waals surface area contributed by atoms with Crippen molar-refractivity contribution in [2.24, 2.45) is 0 Å². The van der Waals surface area contributed by atoms with Gasteiger partial charge in [-0.25, -0.2) is 0 Å². The van der Waals surface area contributed by atoms with Crippen molar-refractivity contribution in [2.75, 3.05) is 0 Å². The summed E-state index contributed by atoms with van der Waals surface area (Å²) in [6.07, 6.45) is 0.867. The largest absolute Gasteiger partial charge is 0.419 e. The van der Waals surface area contributed by atoms with Crippen molar-refractivity contribution in [1.29, 1.82) is 0 Å². The Morgan fingerprint density at radius 2 is 2.00 bits per heavy atom. The molecule has 0 saturated carbocycles. The van der Waals surface area contributed by atoms with Crippen LogP contribution in [0, 0.1) is 10.1 Å². The average molecular weight is 246 g/mol. The Bertz CT molecular complexity index is 348. The molecule has 0 N–H and O–H groups in total. The smallest absolute Gasteiger partial charge is 0.256 e. The Labute approximate surface area is 82.2 Å². The molecular formula is C8H5BrFNO2. The Morgan fingerprint density at radius 3 is 2.46 bits per heavy atom. The maximum atomic E-state index is 12.5. The van der Waals surface area contributed by atoms with Gasteiger partial charge in [0.15, 0.2) is 0 Å². The molecule has 68 valence electrons. The molecule has 0 aliphatic heterocycles. The number of nitro groups is 1. The summed E-state index contributed by atoms with van der Waals surface area (Å²) in [5, 5.41) is 9.92. The lowest BCUT2D eigenvalue weighted by Crippen LogP contribution is -1.91. The highest BCUT2D eigenvalue weighted by molar-refractivity contribution is 9.10. The van der Waals surface area contributed by atoms with Crippen molar-refractivity contribution in [3.8, 4) is 0 Å². The van der Waals surface area contributed by atoms with E-state index in [9.17, 15) is 14.5 Å². The monoisotopic (exact) mass is 245 g/mol. The van der Waals surface area contributed by atoms with Gasteiger partial charge in [0.1, 0.15) is 0 Å². The highest BCUT2D eigenvalue weighted by Crippen LogP contribution is 2.13. The first-order valence-corrected chi connectivity index (χ1v) is 4.16. The van der Waals surface area contributed by atoms with Gasteiger partial charge in [0.25, 0.3) is 0 Å². The fourth-order valence-corrected chi connectivity index (χ4v) is 1.01. The van der Waals surface area contributed by atoms with Crippen LogP contribution in [0.2, 0.25) is 0 Å². The maximum absolute atomic E-state index is 12.5. The van der Waals surface area contributed by atoms with Crippen LogP contribution >= 0.6 is 15.9 Å². The van der Waals surface area contributed by atoms with E-state index in [4.69, 9.17) is 0 Å². The molecule has 1 rings (SSSR count). The molecule has 0 amide bonds. The minimum atomic E-state index is -1.36. The summed E-state index contributed by atoms with van der Waals surface area (Å²) in [6, 6.07) is 6.51. The quantitative estimate of drug-likeness (QED) is 0.457. The van der Waals surface area contributed by atoms with Crippen LogP contribution in [0.15, 0.2) is 34.7 Å². The van der Waals surface area contributed by atoms with Crippen LogP contribution in [0.1, 0.15) is 5.56 Å². The predicted molar refractivity (Wildman–Crippen MR) is 50.2 cm³/mol. The van der Waals surface area contributed by atoms with Gasteiger partial charge in [-0.3, -0.25) is 10.1 Å². The standard InChI is InChI=1S/C8H5BrFNO2/c9-7-3-1-6(2-4-7)5-8(10)11(12)13/h1-5H. The third-order valence-corrected chi connectivity index (χ3v) is 1.86. The zero-order chi connectivity index (χ0) is 9.84. The molecule has 0 heterocycles. The van der Waals surface area contributed by atoms with Crippen LogP contribution in [-0.2, 0) is 0 Å². The Hall–Kier alpha value is -1.23. The molecule has 0 fully saturated rings. The fourth-order valence-electron chi connectivity index (χ4n) is 0.749. The van der Waals surface area contributed by atoms with Gasteiger partial charge < -0.3 is 0 Å². The fraction of sp³-hybridized carbons (Fsp3) is 0. The normalized spacial score (nSPS) is 11.4. The molecule has 0 aromatic heterocycles. The van der Waals surface area contributed by atoms with Crippen molar-refractivity contribution >= 4 is 22.0 Å². The first kappa shape index (κ1) is 9.85. The van der Waals surface area contributed by atoms with Gasteiger partial charge >= 0.3 is 5.95 Å². The van der Waals surface area contributed by atoms with E-state index in [2.05, 4.69) is 15.9 Å². The van der Waals surface area contributed by atoms with Crippen LogP contribution in [0.5, 0.6) is 0 Å². The summed E-state index contributed by atoms with van der Waals surface area (Å²) in [6.45, 7) is 0. The van der Waals surface area contributed by atoms with Crippen LogP contribution in [0.4, 0.5) is 4.39 Å². The highest BCUT2D eigenvalue weighted by atomic mass is 79.9. The molecule has 0 saturated heterocycles. The van der Waals surface area contributed by atoms with E-state index in [0.29, 0.717) is 5.56 Å². The number of hydrogen-bond acceptors (Lipinski definition) is 2. The predicted octanol–water partition coefficient (Wildman–Crippen LogP) is 2.99. The minimum absolute atomic E-state index is 0.456. The van der Waals surface area contributed by atoms with Crippen LogP contribution < -0.4 is 0 Å². The minimum Gasteiger partial charge on any atom is -0.256 e. The summed E-state index contributed by atoms with van der Waals surface area (Å²) < 4.78 is 13.3. The molecule has 1 aromatic rings. The summed E-state index contributed by atoms with van der Waals surface area (Å²) in [4.78, 5) is 8.86. The Kier molecular flexibility index (Phi) is 3.13. The second-order valence-corrected chi connectivity index (χ2v) is 3.19. The molecule has 3 nitrogen and oxygen atoms in total. The Balaban J connectivity index is 2.92. The molecule has 1 aromatic carbocycles. The maximum Gasteiger partial charge on any atom is 0.419 e. The SMILES string of the molecule is O=[N+]([O-])C(F)=Cc1ccc(Br)cc1. The third-order valence-electron chi connectivity index (χ3n) is 1.33. The van der Waals surface area contributed by atoms with E-state index in [1.54, 1.807) is 24.3 Å². The van der Waals surface area contributed by atoms with Crippen molar-refractivity contribution in [3.63, 3.8) is 0 Å². The lowest BCUT2D eigenvalue weighted by atomic mass is 10.2. The number of benzene rings is 1. The van der Waals surface area contributed by atoms with Gasteiger partial charge in [-0.05, 0) is 17.7 Å². The van der Waals surface area contributed by atoms with E-state index in [1.807, 2.05) is 0 Å². The Morgan fingerprint density at radius 1 is 1.46 bits per heavy atom. The zero-order valence-corrected chi connectivity index (χ0v) is 7.99. The second-order valence-electron chi connectivity index (χ2n) is 2.28. The second kappa shape index (κ2) is 4.13. The molecule has 13 heavy (non-hydrogen) atoms. The number of halogens is 2. The highest BCUT2D eigenvalue weighted by Gasteiger charge is 2.06. The van der Waals surface area contributed by atoms with Crippen molar-refractivity contribution in [3.05, 3.63) is 50.4 Å². The van der Waals surface area contributed by atoms with E-state index in [1.165, 1.54) is 0 Å². The molecule has 5 heteroatoms. The van der Waals surface area contributed by atoms with Gasteiger partial charge in [0, 0.05) is 4.47 Å². The van der Waals surface area contributed by atoms with Crippen LogP contribution in [0.25, 0.3) is 6.08 Å². The average Bonchev–Trinajstić information content (AvgIpc) is 2.08. The third kappa shape index (κ3) is 2.95. The van der Waals surface area contributed by atoms with E-state index in [-0.39, 0.29) is 0 Å². The van der Waals surface area contributed by atoms with E-state index >= 15 is 0 Å². The molecule has 0 radical (unpaired) electrons.